The molecule has 3 aromatic rings. The van der Waals surface area contributed by atoms with Gasteiger partial charge in [-0.3, -0.25) is 9.10 Å². The smallest absolute Gasteiger partial charge is 0.341 e. The Morgan fingerprint density at radius 1 is 1.08 bits per heavy atom. The van der Waals surface area contributed by atoms with Crippen LogP contribution < -0.4 is 14.4 Å². The lowest BCUT2D eigenvalue weighted by Crippen LogP contribution is -2.29. The first-order valence-corrected chi connectivity index (χ1v) is 13.2. The van der Waals surface area contributed by atoms with Crippen molar-refractivity contribution in [1.82, 2.24) is 0 Å². The number of benzene rings is 3. The van der Waals surface area contributed by atoms with Crippen LogP contribution in [-0.4, -0.2) is 40.6 Å². The van der Waals surface area contributed by atoms with Crippen molar-refractivity contribution in [3.8, 4) is 5.75 Å². The molecule has 37 heavy (non-hydrogen) atoms. The van der Waals surface area contributed by atoms with Crippen molar-refractivity contribution >= 4 is 56.5 Å². The molecule has 1 amide bonds. The van der Waals surface area contributed by atoms with Crippen LogP contribution in [0.25, 0.3) is 0 Å². The number of methoxy groups -OCH3 is 1. The van der Waals surface area contributed by atoms with Crippen molar-refractivity contribution in [2.45, 2.75) is 18.2 Å². The average molecular weight is 567 g/mol. The van der Waals surface area contributed by atoms with Crippen LogP contribution >= 0.6 is 23.2 Å². The minimum absolute atomic E-state index is 0.0549. The number of hydrogen-bond donors (Lipinski definition) is 1. The van der Waals surface area contributed by atoms with E-state index in [0.29, 0.717) is 17.7 Å². The molecule has 0 saturated carbocycles. The minimum atomic E-state index is -4.03. The van der Waals surface area contributed by atoms with Gasteiger partial charge in [-0.2, -0.15) is 0 Å². The van der Waals surface area contributed by atoms with Crippen molar-refractivity contribution in [3.05, 3.63) is 81.1 Å². The summed E-state index contributed by atoms with van der Waals surface area (Å²) < 4.78 is 52.6. The number of nitrogens with zero attached hydrogens (tertiary/aromatic N) is 1. The zero-order chi connectivity index (χ0) is 26.9. The molecule has 3 aromatic carbocycles. The second-order valence-electron chi connectivity index (χ2n) is 7.95. The lowest BCUT2D eigenvalue weighted by Gasteiger charge is -2.21. The molecule has 0 spiro atoms. The molecule has 1 aliphatic rings. The number of nitrogens with one attached hydrogen (secondary N) is 1. The molecule has 0 saturated heterocycles. The molecule has 1 heterocycles. The number of rotatable bonds is 7. The Hall–Kier alpha value is -3.34. The number of carbonyl (C=O) groups is 2. The Labute approximate surface area is 222 Å². The predicted molar refractivity (Wildman–Crippen MR) is 138 cm³/mol. The molecule has 0 bridgehead atoms. The normalized spacial score (nSPS) is 12.7. The van der Waals surface area contributed by atoms with Crippen molar-refractivity contribution in [2.24, 2.45) is 0 Å². The van der Waals surface area contributed by atoms with Crippen molar-refractivity contribution < 1.29 is 31.9 Å². The summed E-state index contributed by atoms with van der Waals surface area (Å²) in [6.45, 7) is 1.82. The van der Waals surface area contributed by atoms with Gasteiger partial charge in [0.25, 0.3) is 15.9 Å². The Balaban J connectivity index is 1.66. The number of carbonyl (C=O) groups excluding carboxylic acids is 2. The first-order chi connectivity index (χ1) is 17.6. The van der Waals surface area contributed by atoms with E-state index in [4.69, 9.17) is 32.7 Å². The number of amides is 1. The highest BCUT2D eigenvalue weighted by Gasteiger charge is 2.34. The molecule has 12 heteroatoms. The summed E-state index contributed by atoms with van der Waals surface area (Å²) in [5.74, 6) is -1.98. The van der Waals surface area contributed by atoms with E-state index in [9.17, 15) is 22.4 Å². The molecule has 0 radical (unpaired) electrons. The lowest BCUT2D eigenvalue weighted by molar-refractivity contribution is 0.0521. The largest absolute Gasteiger partial charge is 0.496 e. The van der Waals surface area contributed by atoms with Gasteiger partial charge < -0.3 is 14.8 Å². The maximum Gasteiger partial charge on any atom is 0.341 e. The number of anilines is 2. The van der Waals surface area contributed by atoms with Gasteiger partial charge in [0.15, 0.2) is 0 Å². The summed E-state index contributed by atoms with van der Waals surface area (Å²) in [7, 11) is -2.62. The van der Waals surface area contributed by atoms with Gasteiger partial charge >= 0.3 is 5.97 Å². The Morgan fingerprint density at radius 3 is 2.49 bits per heavy atom. The number of fused-ring (bicyclic) bond motifs is 1. The summed E-state index contributed by atoms with van der Waals surface area (Å²) in [5, 5.41) is 2.86. The number of ether oxygens (including phenoxy) is 2. The summed E-state index contributed by atoms with van der Waals surface area (Å²) in [5.41, 5.74) is 0.811. The average Bonchev–Trinajstić information content (AvgIpc) is 3.30. The standard InChI is InChI=1S/C25H21Cl2FN2O6S/c1-3-36-25(32)17-6-4-15(12-21(17)28)29-24(31)14-10-22-18(23(11-14)35-2)8-9-30(22)37(33,34)16-5-7-19(26)20(27)13-16/h4-7,10-13H,3,8-9H2,1-2H3,(H,29,31). The molecule has 194 valence electrons. The molecular formula is C25H21Cl2FN2O6S. The maximum atomic E-state index is 14.4. The predicted octanol–water partition coefficient (Wildman–Crippen LogP) is 5.32. The van der Waals surface area contributed by atoms with Gasteiger partial charge in [-0.15, -0.1) is 0 Å². The van der Waals surface area contributed by atoms with Crippen LogP contribution in [-0.2, 0) is 21.2 Å². The summed E-state index contributed by atoms with van der Waals surface area (Å²) in [6, 6.07) is 10.5. The van der Waals surface area contributed by atoms with Crippen LogP contribution in [0.5, 0.6) is 5.75 Å². The molecule has 0 aliphatic carbocycles. The number of esters is 1. The Bertz CT molecular complexity index is 1510. The molecule has 8 nitrogen and oxygen atoms in total. The third kappa shape index (κ3) is 5.22. The Kier molecular flexibility index (Phi) is 7.63. The number of hydrogen-bond acceptors (Lipinski definition) is 6. The summed E-state index contributed by atoms with van der Waals surface area (Å²) in [6.07, 6.45) is 0.363. The number of sulfonamides is 1. The molecule has 0 unspecified atom stereocenters. The fourth-order valence-corrected chi connectivity index (χ4v) is 5.81. The second-order valence-corrected chi connectivity index (χ2v) is 10.6. The summed E-state index contributed by atoms with van der Waals surface area (Å²) >= 11 is 12.0. The zero-order valence-corrected chi connectivity index (χ0v) is 22.0. The van der Waals surface area contributed by atoms with Gasteiger partial charge in [-0.25, -0.2) is 17.6 Å². The third-order valence-electron chi connectivity index (χ3n) is 5.70. The molecule has 0 fully saturated rings. The highest BCUT2D eigenvalue weighted by atomic mass is 35.5. The number of halogens is 3. The maximum absolute atomic E-state index is 14.4. The van der Waals surface area contributed by atoms with E-state index in [0.717, 1.165) is 6.07 Å². The molecule has 1 N–H and O–H groups in total. The monoisotopic (exact) mass is 566 g/mol. The van der Waals surface area contributed by atoms with Gasteiger partial charge in [-0.1, -0.05) is 23.2 Å². The van der Waals surface area contributed by atoms with E-state index in [1.165, 1.54) is 53.9 Å². The quantitative estimate of drug-likeness (QED) is 0.388. The highest BCUT2D eigenvalue weighted by molar-refractivity contribution is 7.92. The third-order valence-corrected chi connectivity index (χ3v) is 8.25. The Morgan fingerprint density at radius 2 is 1.84 bits per heavy atom. The molecule has 0 atom stereocenters. The van der Waals surface area contributed by atoms with Gasteiger partial charge in [0.2, 0.25) is 0 Å². The van der Waals surface area contributed by atoms with E-state index < -0.39 is 27.7 Å². The van der Waals surface area contributed by atoms with E-state index in [1.54, 1.807) is 6.92 Å². The van der Waals surface area contributed by atoms with E-state index in [2.05, 4.69) is 5.32 Å². The molecule has 4 rings (SSSR count). The van der Waals surface area contributed by atoms with Crippen LogP contribution in [0.4, 0.5) is 15.8 Å². The van der Waals surface area contributed by atoms with Gasteiger partial charge in [-0.05, 0) is 61.9 Å². The van der Waals surface area contributed by atoms with Crippen LogP contribution in [0.1, 0.15) is 33.2 Å². The first-order valence-electron chi connectivity index (χ1n) is 11.0. The SMILES string of the molecule is CCOC(=O)c1ccc(NC(=O)c2cc(OC)c3c(c2)N(S(=O)(=O)c2ccc(Cl)c(Cl)c2)CC3)cc1F. The van der Waals surface area contributed by atoms with Gasteiger partial charge in [0.1, 0.15) is 11.6 Å². The van der Waals surface area contributed by atoms with Crippen LogP contribution in [0.3, 0.4) is 0 Å². The fraction of sp³-hybridized carbons (Fsp3) is 0.200. The lowest BCUT2D eigenvalue weighted by atomic mass is 10.1. The minimum Gasteiger partial charge on any atom is -0.496 e. The van der Waals surface area contributed by atoms with Crippen LogP contribution in [0.15, 0.2) is 53.4 Å². The second kappa shape index (κ2) is 10.6. The van der Waals surface area contributed by atoms with Gasteiger partial charge in [0, 0.05) is 23.4 Å². The van der Waals surface area contributed by atoms with E-state index in [1.807, 2.05) is 0 Å². The molecule has 1 aliphatic heterocycles. The first kappa shape index (κ1) is 26.7. The highest BCUT2D eigenvalue weighted by Crippen LogP contribution is 2.40. The molecule has 0 aromatic heterocycles. The van der Waals surface area contributed by atoms with E-state index >= 15 is 0 Å². The topological polar surface area (TPSA) is 102 Å². The van der Waals surface area contributed by atoms with Crippen molar-refractivity contribution in [1.29, 1.82) is 0 Å². The van der Waals surface area contributed by atoms with Crippen molar-refractivity contribution in [2.75, 3.05) is 29.9 Å². The molecular weight excluding hydrogens is 546 g/mol. The van der Waals surface area contributed by atoms with Crippen LogP contribution in [0, 0.1) is 5.82 Å². The fourth-order valence-electron chi connectivity index (χ4n) is 3.94. The van der Waals surface area contributed by atoms with Gasteiger partial charge in [0.05, 0.1) is 39.9 Å². The zero-order valence-electron chi connectivity index (χ0n) is 19.7. The van der Waals surface area contributed by atoms with Crippen LogP contribution in [0.2, 0.25) is 10.0 Å². The van der Waals surface area contributed by atoms with E-state index in [-0.39, 0.29) is 50.6 Å². The van der Waals surface area contributed by atoms with Crippen molar-refractivity contribution in [3.63, 3.8) is 0 Å². The summed E-state index contributed by atoms with van der Waals surface area (Å²) in [4.78, 5) is 24.8.